The molecular weight excluding hydrogens is 236 g/mol. The summed E-state index contributed by atoms with van der Waals surface area (Å²) in [6.07, 6.45) is 3.69. The molecule has 1 aliphatic rings. The first-order valence-corrected chi connectivity index (χ1v) is 6.61. The molecule has 0 unspecified atom stereocenters. The molecule has 1 aliphatic heterocycles. The number of aromatic nitrogens is 1. The van der Waals surface area contributed by atoms with E-state index < -0.39 is 0 Å². The van der Waals surface area contributed by atoms with E-state index in [1.165, 1.54) is 0 Å². The van der Waals surface area contributed by atoms with Crippen molar-refractivity contribution in [3.63, 3.8) is 0 Å². The summed E-state index contributed by atoms with van der Waals surface area (Å²) in [6.45, 7) is 4.89. The smallest absolute Gasteiger partial charge is 0.145 e. The van der Waals surface area contributed by atoms with Gasteiger partial charge in [0.05, 0.1) is 6.54 Å². The first-order chi connectivity index (χ1) is 8.14. The molecule has 0 aromatic carbocycles. The van der Waals surface area contributed by atoms with E-state index in [9.17, 15) is 0 Å². The second-order valence-electron chi connectivity index (χ2n) is 4.75. The molecule has 1 aromatic heterocycles. The van der Waals surface area contributed by atoms with Crippen molar-refractivity contribution in [2.24, 2.45) is 16.3 Å². The molecule has 6 heteroatoms. The highest BCUT2D eigenvalue weighted by atomic mass is 32.1. The fraction of sp³-hybridized carbons (Fsp3) is 0.636. The van der Waals surface area contributed by atoms with E-state index in [4.69, 9.17) is 10.9 Å². The van der Waals surface area contributed by atoms with Gasteiger partial charge in [-0.3, -0.25) is 4.90 Å². The van der Waals surface area contributed by atoms with Gasteiger partial charge in [0.25, 0.3) is 0 Å². The molecule has 2 heterocycles. The Morgan fingerprint density at radius 2 is 2.35 bits per heavy atom. The average Bonchev–Trinajstić information content (AvgIpc) is 2.84. The van der Waals surface area contributed by atoms with E-state index in [1.807, 2.05) is 11.6 Å². The van der Waals surface area contributed by atoms with Crippen LogP contribution in [-0.4, -0.2) is 34.0 Å². The van der Waals surface area contributed by atoms with Gasteiger partial charge in [0.15, 0.2) is 0 Å². The number of hydrogen-bond acceptors (Lipinski definition) is 5. The number of nitrogens with zero attached hydrogens (tertiary/aromatic N) is 3. The van der Waals surface area contributed by atoms with Crippen LogP contribution in [0, 0.1) is 5.41 Å². The van der Waals surface area contributed by atoms with Crippen LogP contribution in [0.3, 0.4) is 0 Å². The molecule has 2 rings (SSSR count). The highest BCUT2D eigenvalue weighted by Crippen LogP contribution is 2.31. The van der Waals surface area contributed by atoms with Gasteiger partial charge in [0, 0.05) is 17.0 Å². The monoisotopic (exact) mass is 254 g/mol. The Bertz CT molecular complexity index is 382. The van der Waals surface area contributed by atoms with E-state index in [1.54, 1.807) is 11.3 Å². The van der Waals surface area contributed by atoms with Crippen molar-refractivity contribution in [3.8, 4) is 0 Å². The van der Waals surface area contributed by atoms with Gasteiger partial charge in [0.2, 0.25) is 0 Å². The Morgan fingerprint density at radius 1 is 1.65 bits per heavy atom. The number of rotatable bonds is 3. The number of hydrogen-bond donors (Lipinski definition) is 2. The van der Waals surface area contributed by atoms with Gasteiger partial charge in [-0.2, -0.15) is 0 Å². The van der Waals surface area contributed by atoms with Crippen molar-refractivity contribution in [2.45, 2.75) is 26.3 Å². The largest absolute Gasteiger partial charge is 0.409 e. The number of thiazole rings is 1. The molecule has 94 valence electrons. The number of nitrogens with two attached hydrogens (primary N) is 1. The summed E-state index contributed by atoms with van der Waals surface area (Å²) in [5.41, 5.74) is 5.58. The standard InChI is InChI=1S/C11H18N4OS/c1-11(10(12)14-16)2-5-15(6-3-11)8-9-13-4-7-17-9/h4,7,16H,2-3,5-6,8H2,1H3,(H2,12,14). The minimum Gasteiger partial charge on any atom is -0.409 e. The van der Waals surface area contributed by atoms with E-state index in [-0.39, 0.29) is 5.41 Å². The summed E-state index contributed by atoms with van der Waals surface area (Å²) in [7, 11) is 0. The van der Waals surface area contributed by atoms with E-state index in [0.717, 1.165) is 37.5 Å². The topological polar surface area (TPSA) is 74.7 Å². The van der Waals surface area contributed by atoms with Crippen molar-refractivity contribution in [2.75, 3.05) is 13.1 Å². The fourth-order valence-electron chi connectivity index (χ4n) is 2.10. The zero-order valence-electron chi connectivity index (χ0n) is 9.96. The lowest BCUT2D eigenvalue weighted by Crippen LogP contribution is -2.45. The molecule has 0 spiro atoms. The predicted octanol–water partition coefficient (Wildman–Crippen LogP) is 1.49. The van der Waals surface area contributed by atoms with E-state index >= 15 is 0 Å². The maximum absolute atomic E-state index is 8.77. The van der Waals surface area contributed by atoms with Crippen LogP contribution in [0.5, 0.6) is 0 Å². The van der Waals surface area contributed by atoms with E-state index in [0.29, 0.717) is 5.84 Å². The van der Waals surface area contributed by atoms with Crippen LogP contribution in [0.4, 0.5) is 0 Å². The van der Waals surface area contributed by atoms with Crippen molar-refractivity contribution in [1.29, 1.82) is 0 Å². The summed E-state index contributed by atoms with van der Waals surface area (Å²) < 4.78 is 0. The molecule has 3 N–H and O–H groups in total. The van der Waals surface area contributed by atoms with Crippen molar-refractivity contribution in [3.05, 3.63) is 16.6 Å². The predicted molar refractivity (Wildman–Crippen MR) is 68.1 cm³/mol. The molecule has 0 amide bonds. The zero-order chi connectivity index (χ0) is 12.3. The lowest BCUT2D eigenvalue weighted by molar-refractivity contribution is 0.153. The molecule has 5 nitrogen and oxygen atoms in total. The van der Waals surface area contributed by atoms with Gasteiger partial charge in [-0.25, -0.2) is 4.98 Å². The first kappa shape index (κ1) is 12.3. The molecule has 0 radical (unpaired) electrons. The van der Waals surface area contributed by atoms with Crippen molar-refractivity contribution < 1.29 is 5.21 Å². The third kappa shape index (κ3) is 2.76. The van der Waals surface area contributed by atoms with Crippen LogP contribution in [0.15, 0.2) is 16.7 Å². The van der Waals surface area contributed by atoms with Gasteiger partial charge in [0.1, 0.15) is 10.8 Å². The van der Waals surface area contributed by atoms with Crippen LogP contribution in [-0.2, 0) is 6.54 Å². The third-order valence-corrected chi connectivity index (χ3v) is 4.29. The maximum atomic E-state index is 8.77. The second-order valence-corrected chi connectivity index (χ2v) is 5.73. The summed E-state index contributed by atoms with van der Waals surface area (Å²) in [6, 6.07) is 0. The second kappa shape index (κ2) is 5.01. The molecule has 0 bridgehead atoms. The minimum absolute atomic E-state index is 0.159. The molecule has 1 aromatic rings. The van der Waals surface area contributed by atoms with Crippen molar-refractivity contribution >= 4 is 17.2 Å². The Balaban J connectivity index is 1.90. The molecule has 1 saturated heterocycles. The summed E-state index contributed by atoms with van der Waals surface area (Å²) in [4.78, 5) is 6.65. The number of amidine groups is 1. The molecule has 1 fully saturated rings. The Labute approximate surface area is 105 Å². The lowest BCUT2D eigenvalue weighted by Gasteiger charge is -2.38. The van der Waals surface area contributed by atoms with Gasteiger partial charge in [-0.05, 0) is 25.9 Å². The maximum Gasteiger partial charge on any atom is 0.145 e. The highest BCUT2D eigenvalue weighted by Gasteiger charge is 2.34. The molecule has 0 atom stereocenters. The van der Waals surface area contributed by atoms with Crippen LogP contribution in [0.2, 0.25) is 0 Å². The Hall–Kier alpha value is -1.14. The number of piperidine rings is 1. The summed E-state index contributed by atoms with van der Waals surface area (Å²) in [5.74, 6) is 0.353. The van der Waals surface area contributed by atoms with Crippen molar-refractivity contribution in [1.82, 2.24) is 9.88 Å². The minimum atomic E-state index is -0.159. The highest BCUT2D eigenvalue weighted by molar-refractivity contribution is 7.09. The van der Waals surface area contributed by atoms with Crippen LogP contribution < -0.4 is 5.73 Å². The van der Waals surface area contributed by atoms with Crippen LogP contribution in [0.25, 0.3) is 0 Å². The third-order valence-electron chi connectivity index (χ3n) is 3.53. The Kier molecular flexibility index (Phi) is 3.63. The molecular formula is C11H18N4OS. The van der Waals surface area contributed by atoms with Crippen LogP contribution in [0.1, 0.15) is 24.8 Å². The SMILES string of the molecule is CC1(/C(N)=N/O)CCN(Cc2nccs2)CC1. The summed E-state index contributed by atoms with van der Waals surface area (Å²) in [5, 5.41) is 15.1. The van der Waals surface area contributed by atoms with E-state index in [2.05, 4.69) is 22.0 Å². The number of oxime groups is 1. The van der Waals surface area contributed by atoms with Gasteiger partial charge < -0.3 is 10.9 Å². The normalized spacial score (nSPS) is 21.6. The van der Waals surface area contributed by atoms with Gasteiger partial charge >= 0.3 is 0 Å². The number of likely N-dealkylation sites (tertiary alicyclic amines) is 1. The summed E-state index contributed by atoms with van der Waals surface area (Å²) >= 11 is 1.69. The molecule has 17 heavy (non-hydrogen) atoms. The lowest BCUT2D eigenvalue weighted by atomic mass is 9.79. The first-order valence-electron chi connectivity index (χ1n) is 5.73. The quantitative estimate of drug-likeness (QED) is 0.371. The van der Waals surface area contributed by atoms with Crippen LogP contribution >= 0.6 is 11.3 Å². The molecule has 0 aliphatic carbocycles. The fourth-order valence-corrected chi connectivity index (χ4v) is 2.76. The zero-order valence-corrected chi connectivity index (χ0v) is 10.8. The molecule has 0 saturated carbocycles. The van der Waals surface area contributed by atoms with Gasteiger partial charge in [-0.1, -0.05) is 12.1 Å². The Morgan fingerprint density at radius 3 is 2.88 bits per heavy atom. The van der Waals surface area contributed by atoms with Gasteiger partial charge in [-0.15, -0.1) is 11.3 Å². The average molecular weight is 254 g/mol.